The van der Waals surface area contributed by atoms with Crippen LogP contribution in [0.3, 0.4) is 0 Å². The summed E-state index contributed by atoms with van der Waals surface area (Å²) in [4.78, 5) is 6.64. The molecule has 1 aliphatic carbocycles. The van der Waals surface area contributed by atoms with Crippen molar-refractivity contribution in [1.82, 2.24) is 14.5 Å². The highest BCUT2D eigenvalue weighted by Crippen LogP contribution is 2.25. The predicted molar refractivity (Wildman–Crippen MR) is 57.4 cm³/mol. The molecule has 1 heterocycles. The monoisotopic (exact) mass is 194 g/mol. The van der Waals surface area contributed by atoms with Crippen LogP contribution in [-0.4, -0.2) is 41.1 Å². The van der Waals surface area contributed by atoms with Crippen molar-refractivity contribution in [2.45, 2.75) is 25.4 Å². The van der Waals surface area contributed by atoms with E-state index in [4.69, 9.17) is 0 Å². The van der Waals surface area contributed by atoms with Gasteiger partial charge in [0, 0.05) is 38.6 Å². The molecule has 0 amide bonds. The molecule has 2 rings (SSSR count). The van der Waals surface area contributed by atoms with Gasteiger partial charge in [-0.3, -0.25) is 0 Å². The van der Waals surface area contributed by atoms with Gasteiger partial charge < -0.3 is 14.8 Å². The third-order valence-electron chi connectivity index (χ3n) is 2.80. The molecule has 1 saturated carbocycles. The van der Waals surface area contributed by atoms with Gasteiger partial charge in [0.05, 0.1) is 0 Å². The molecule has 0 aliphatic heterocycles. The molecule has 0 unspecified atom stereocenters. The van der Waals surface area contributed by atoms with E-state index >= 15 is 0 Å². The maximum absolute atomic E-state index is 4.21. The van der Waals surface area contributed by atoms with Gasteiger partial charge in [0.2, 0.25) is 5.95 Å². The fourth-order valence-electron chi connectivity index (χ4n) is 1.68. The van der Waals surface area contributed by atoms with Gasteiger partial charge in [0.25, 0.3) is 0 Å². The van der Waals surface area contributed by atoms with Crippen LogP contribution in [0, 0.1) is 0 Å². The van der Waals surface area contributed by atoms with E-state index in [1.807, 2.05) is 19.4 Å². The Morgan fingerprint density at radius 2 is 2.43 bits per heavy atom. The van der Waals surface area contributed by atoms with Crippen LogP contribution in [-0.2, 0) is 6.54 Å². The third-order valence-corrected chi connectivity index (χ3v) is 2.80. The molecule has 0 atom stereocenters. The molecule has 1 N–H and O–H groups in total. The molecule has 1 aliphatic rings. The fourth-order valence-corrected chi connectivity index (χ4v) is 1.68. The molecule has 1 aromatic heterocycles. The first-order valence-electron chi connectivity index (χ1n) is 5.20. The maximum atomic E-state index is 4.21. The van der Waals surface area contributed by atoms with Gasteiger partial charge in [0.1, 0.15) is 0 Å². The van der Waals surface area contributed by atoms with Gasteiger partial charge in [-0.15, -0.1) is 0 Å². The van der Waals surface area contributed by atoms with Crippen LogP contribution in [0.25, 0.3) is 0 Å². The minimum atomic E-state index is 0.844. The number of anilines is 1. The first kappa shape index (κ1) is 9.52. The van der Waals surface area contributed by atoms with Crippen LogP contribution >= 0.6 is 0 Å². The molecular weight excluding hydrogens is 176 g/mol. The summed E-state index contributed by atoms with van der Waals surface area (Å²) in [6.07, 6.45) is 6.61. The number of imidazole rings is 1. The second-order valence-corrected chi connectivity index (χ2v) is 3.91. The molecule has 14 heavy (non-hydrogen) atoms. The number of nitrogens with one attached hydrogen (secondary N) is 1. The number of likely N-dealkylation sites (N-methyl/N-ethyl adjacent to an activating group) is 1. The molecular formula is C10H18N4. The van der Waals surface area contributed by atoms with Crippen molar-refractivity contribution < 1.29 is 0 Å². The standard InChI is InChI=1S/C10H18N4/c1-11-10-12-5-6-14(10)8-7-13(2)9-3-4-9/h5-6,9H,3-4,7-8H2,1-2H3,(H,11,12). The zero-order valence-corrected chi connectivity index (χ0v) is 8.90. The second kappa shape index (κ2) is 4.00. The van der Waals surface area contributed by atoms with Crippen molar-refractivity contribution in [2.24, 2.45) is 0 Å². The summed E-state index contributed by atoms with van der Waals surface area (Å²) in [6, 6.07) is 0.844. The van der Waals surface area contributed by atoms with E-state index in [-0.39, 0.29) is 0 Å². The highest BCUT2D eigenvalue weighted by molar-refractivity contribution is 5.23. The molecule has 1 aromatic rings. The van der Waals surface area contributed by atoms with Gasteiger partial charge in [-0.2, -0.15) is 0 Å². The minimum Gasteiger partial charge on any atom is -0.359 e. The quantitative estimate of drug-likeness (QED) is 0.759. The summed E-state index contributed by atoms with van der Waals surface area (Å²) in [5, 5.41) is 3.08. The summed E-state index contributed by atoms with van der Waals surface area (Å²) in [7, 11) is 4.11. The molecule has 0 spiro atoms. The number of nitrogens with zero attached hydrogens (tertiary/aromatic N) is 3. The van der Waals surface area contributed by atoms with E-state index in [0.717, 1.165) is 25.1 Å². The fraction of sp³-hybridized carbons (Fsp3) is 0.700. The summed E-state index contributed by atoms with van der Waals surface area (Å²) in [6.45, 7) is 2.12. The molecule has 0 radical (unpaired) electrons. The number of hydrogen-bond donors (Lipinski definition) is 1. The first-order valence-corrected chi connectivity index (χ1v) is 5.20. The Hall–Kier alpha value is -1.03. The first-order chi connectivity index (χ1) is 6.81. The number of aromatic nitrogens is 2. The molecule has 0 bridgehead atoms. The summed E-state index contributed by atoms with van der Waals surface area (Å²) in [5.74, 6) is 0.953. The van der Waals surface area contributed by atoms with E-state index < -0.39 is 0 Å². The molecule has 0 saturated heterocycles. The Balaban J connectivity index is 1.84. The van der Waals surface area contributed by atoms with E-state index in [1.54, 1.807) is 0 Å². The predicted octanol–water partition coefficient (Wildman–Crippen LogP) is 1.02. The summed E-state index contributed by atoms with van der Waals surface area (Å²) >= 11 is 0. The average Bonchev–Trinajstić information content (AvgIpc) is 2.94. The van der Waals surface area contributed by atoms with Crippen LogP contribution < -0.4 is 5.32 Å². The van der Waals surface area contributed by atoms with Crippen LogP contribution in [0.1, 0.15) is 12.8 Å². The van der Waals surface area contributed by atoms with Crippen LogP contribution in [0.2, 0.25) is 0 Å². The van der Waals surface area contributed by atoms with E-state index in [0.29, 0.717) is 0 Å². The topological polar surface area (TPSA) is 33.1 Å². The molecule has 78 valence electrons. The second-order valence-electron chi connectivity index (χ2n) is 3.91. The zero-order chi connectivity index (χ0) is 9.97. The molecule has 1 fully saturated rings. The van der Waals surface area contributed by atoms with E-state index in [1.165, 1.54) is 12.8 Å². The maximum Gasteiger partial charge on any atom is 0.202 e. The Morgan fingerprint density at radius 1 is 1.64 bits per heavy atom. The summed E-state index contributed by atoms with van der Waals surface area (Å²) < 4.78 is 2.15. The van der Waals surface area contributed by atoms with Gasteiger partial charge in [-0.05, 0) is 19.9 Å². The Labute approximate surface area is 84.9 Å². The highest BCUT2D eigenvalue weighted by atomic mass is 15.2. The van der Waals surface area contributed by atoms with Crippen molar-refractivity contribution in [3.05, 3.63) is 12.4 Å². The molecule has 4 heteroatoms. The largest absolute Gasteiger partial charge is 0.359 e. The SMILES string of the molecule is CNc1nccn1CCN(C)C1CC1. The van der Waals surface area contributed by atoms with E-state index in [2.05, 4.69) is 26.8 Å². The lowest BCUT2D eigenvalue weighted by Gasteiger charge is -2.16. The molecule has 4 nitrogen and oxygen atoms in total. The minimum absolute atomic E-state index is 0.844. The van der Waals surface area contributed by atoms with Gasteiger partial charge in [-0.1, -0.05) is 0 Å². The van der Waals surface area contributed by atoms with Crippen LogP contribution in [0.4, 0.5) is 5.95 Å². The van der Waals surface area contributed by atoms with Gasteiger partial charge in [0.15, 0.2) is 0 Å². The van der Waals surface area contributed by atoms with Crippen molar-refractivity contribution in [1.29, 1.82) is 0 Å². The Kier molecular flexibility index (Phi) is 2.72. The van der Waals surface area contributed by atoms with Crippen molar-refractivity contribution in [2.75, 3.05) is 26.0 Å². The number of rotatable bonds is 5. The number of hydrogen-bond acceptors (Lipinski definition) is 3. The smallest absolute Gasteiger partial charge is 0.202 e. The Morgan fingerprint density at radius 3 is 3.07 bits per heavy atom. The third kappa shape index (κ3) is 2.07. The van der Waals surface area contributed by atoms with Gasteiger partial charge >= 0.3 is 0 Å². The van der Waals surface area contributed by atoms with Gasteiger partial charge in [-0.25, -0.2) is 4.98 Å². The van der Waals surface area contributed by atoms with Crippen molar-refractivity contribution in [3.63, 3.8) is 0 Å². The summed E-state index contributed by atoms with van der Waals surface area (Å²) in [5.41, 5.74) is 0. The van der Waals surface area contributed by atoms with Crippen LogP contribution in [0.5, 0.6) is 0 Å². The lowest BCUT2D eigenvalue weighted by Crippen LogP contribution is -2.25. The zero-order valence-electron chi connectivity index (χ0n) is 8.90. The lowest BCUT2D eigenvalue weighted by atomic mass is 10.5. The van der Waals surface area contributed by atoms with Crippen molar-refractivity contribution in [3.8, 4) is 0 Å². The lowest BCUT2D eigenvalue weighted by molar-refractivity contribution is 0.310. The van der Waals surface area contributed by atoms with Crippen molar-refractivity contribution >= 4 is 5.95 Å². The Bertz CT molecular complexity index is 290. The van der Waals surface area contributed by atoms with E-state index in [9.17, 15) is 0 Å². The van der Waals surface area contributed by atoms with Crippen LogP contribution in [0.15, 0.2) is 12.4 Å². The average molecular weight is 194 g/mol. The highest BCUT2D eigenvalue weighted by Gasteiger charge is 2.25. The normalized spacial score (nSPS) is 16.2. The molecule has 0 aromatic carbocycles.